The van der Waals surface area contributed by atoms with E-state index in [4.69, 9.17) is 0 Å². The van der Waals surface area contributed by atoms with Gasteiger partial charge in [0.05, 0.1) is 12.1 Å². The number of H-pyrrole nitrogens is 1. The zero-order valence-electron chi connectivity index (χ0n) is 11.8. The first-order chi connectivity index (χ1) is 9.43. The summed E-state index contributed by atoms with van der Waals surface area (Å²) in [5, 5.41) is 0. The van der Waals surface area contributed by atoms with Gasteiger partial charge in [-0.15, -0.1) is 0 Å². The average Bonchev–Trinajstić information content (AvgIpc) is 2.94. The summed E-state index contributed by atoms with van der Waals surface area (Å²) in [6.07, 6.45) is 3.43. The molecule has 1 aromatic carbocycles. The Morgan fingerprint density at radius 2 is 2.15 bits per heavy atom. The first-order valence-corrected chi connectivity index (χ1v) is 8.17. The molecule has 20 heavy (non-hydrogen) atoms. The summed E-state index contributed by atoms with van der Waals surface area (Å²) in [6, 6.07) is 5.59. The zero-order chi connectivity index (χ0) is 14.8. The normalized spacial score (nSPS) is 13.2. The van der Waals surface area contributed by atoms with Crippen LogP contribution < -0.4 is 4.72 Å². The lowest BCUT2D eigenvalue weighted by atomic mass is 9.94. The Balaban J connectivity index is 2.34. The van der Waals surface area contributed by atoms with Gasteiger partial charge in [0, 0.05) is 23.5 Å². The molecule has 2 aromatic rings. The van der Waals surface area contributed by atoms with Crippen LogP contribution in [0, 0.1) is 6.92 Å². The third-order valence-corrected chi connectivity index (χ3v) is 4.69. The number of aryl methyl sites for hydroxylation is 1. The highest BCUT2D eigenvalue weighted by molar-refractivity contribution is 7.92. The number of benzene rings is 1. The van der Waals surface area contributed by atoms with Crippen molar-refractivity contribution in [3.63, 3.8) is 0 Å². The number of aromatic nitrogens is 2. The molecule has 6 heteroatoms. The molecular weight excluding hydrogens is 274 g/mol. The first-order valence-electron chi connectivity index (χ1n) is 6.52. The topological polar surface area (TPSA) is 74.8 Å². The van der Waals surface area contributed by atoms with Crippen LogP contribution >= 0.6 is 0 Å². The van der Waals surface area contributed by atoms with Crippen molar-refractivity contribution in [2.45, 2.75) is 26.7 Å². The molecule has 0 amide bonds. The second-order valence-corrected chi connectivity index (χ2v) is 6.82. The molecule has 0 aliphatic heterocycles. The van der Waals surface area contributed by atoms with Crippen LogP contribution in [0.1, 0.15) is 36.6 Å². The number of nitrogens with one attached hydrogen (secondary N) is 2. The second kappa shape index (κ2) is 5.66. The summed E-state index contributed by atoms with van der Waals surface area (Å²) in [5.74, 6) is 0.190. The quantitative estimate of drug-likeness (QED) is 0.890. The molecule has 108 valence electrons. The number of aromatic amines is 1. The molecule has 0 saturated heterocycles. The van der Waals surface area contributed by atoms with Crippen molar-refractivity contribution in [1.82, 2.24) is 9.97 Å². The van der Waals surface area contributed by atoms with E-state index < -0.39 is 10.0 Å². The number of hydrogen-bond donors (Lipinski definition) is 2. The van der Waals surface area contributed by atoms with Crippen LogP contribution in [-0.2, 0) is 10.0 Å². The fraction of sp³-hybridized carbons (Fsp3) is 0.357. The summed E-state index contributed by atoms with van der Waals surface area (Å²) in [4.78, 5) is 7.12. The number of imidazole rings is 1. The molecule has 0 bridgehead atoms. The van der Waals surface area contributed by atoms with Gasteiger partial charge in [0.15, 0.2) is 0 Å². The predicted molar refractivity (Wildman–Crippen MR) is 80.4 cm³/mol. The lowest BCUT2D eigenvalue weighted by Crippen LogP contribution is -2.15. The average molecular weight is 293 g/mol. The van der Waals surface area contributed by atoms with E-state index >= 15 is 0 Å². The second-order valence-electron chi connectivity index (χ2n) is 4.81. The summed E-state index contributed by atoms with van der Waals surface area (Å²) in [7, 11) is -3.25. The van der Waals surface area contributed by atoms with Gasteiger partial charge in [0.2, 0.25) is 10.0 Å². The van der Waals surface area contributed by atoms with Gasteiger partial charge >= 0.3 is 0 Å². The van der Waals surface area contributed by atoms with Crippen molar-refractivity contribution < 1.29 is 8.42 Å². The molecule has 0 saturated carbocycles. The Labute approximate surface area is 119 Å². The molecular formula is C14H19N3O2S. The number of hydrogen-bond acceptors (Lipinski definition) is 3. The monoisotopic (exact) mass is 293 g/mol. The number of nitrogens with zero attached hydrogens (tertiary/aromatic N) is 1. The van der Waals surface area contributed by atoms with Gasteiger partial charge in [0.1, 0.15) is 0 Å². The molecule has 0 aliphatic carbocycles. The van der Waals surface area contributed by atoms with Crippen molar-refractivity contribution >= 4 is 15.7 Å². The Bertz CT molecular complexity index is 678. The maximum Gasteiger partial charge on any atom is 0.232 e. The molecule has 0 aliphatic rings. The molecule has 2 rings (SSSR count). The summed E-state index contributed by atoms with van der Waals surface area (Å²) in [6.45, 7) is 5.69. The van der Waals surface area contributed by atoms with E-state index in [0.717, 1.165) is 16.8 Å². The van der Waals surface area contributed by atoms with Gasteiger partial charge < -0.3 is 4.98 Å². The van der Waals surface area contributed by atoms with E-state index in [2.05, 4.69) is 21.6 Å². The number of anilines is 1. The molecule has 2 N–H and O–H groups in total. The first kappa shape index (κ1) is 14.6. The van der Waals surface area contributed by atoms with Crippen molar-refractivity contribution in [3.8, 4) is 0 Å². The summed E-state index contributed by atoms with van der Waals surface area (Å²) < 4.78 is 25.9. The van der Waals surface area contributed by atoms with Gasteiger partial charge in [0.25, 0.3) is 0 Å². The maximum atomic E-state index is 11.6. The van der Waals surface area contributed by atoms with Crippen LogP contribution in [0.2, 0.25) is 0 Å². The molecule has 1 unspecified atom stereocenters. The molecule has 0 spiro atoms. The third kappa shape index (κ3) is 3.19. The van der Waals surface area contributed by atoms with Crippen molar-refractivity contribution in [2.75, 3.05) is 10.5 Å². The Kier molecular flexibility index (Phi) is 4.13. The van der Waals surface area contributed by atoms with Crippen molar-refractivity contribution in [1.29, 1.82) is 0 Å². The fourth-order valence-corrected chi connectivity index (χ4v) is 2.72. The largest absolute Gasteiger partial charge is 0.348 e. The molecule has 1 atom stereocenters. The SMILES string of the molecule is CCS(=O)(=O)Nc1ccc(C)c(C(C)c2cnc[nH]2)c1. The molecule has 5 nitrogen and oxygen atoms in total. The highest BCUT2D eigenvalue weighted by atomic mass is 32.2. The number of rotatable bonds is 5. The molecule has 0 radical (unpaired) electrons. The maximum absolute atomic E-state index is 11.6. The zero-order valence-corrected chi connectivity index (χ0v) is 12.7. The van der Waals surface area contributed by atoms with Gasteiger partial charge in [-0.25, -0.2) is 13.4 Å². The fourth-order valence-electron chi connectivity index (χ4n) is 2.09. The van der Waals surface area contributed by atoms with E-state index in [9.17, 15) is 8.42 Å². The molecule has 0 fully saturated rings. The minimum absolute atomic E-state index is 0.0618. The Morgan fingerprint density at radius 1 is 1.40 bits per heavy atom. The standard InChI is InChI=1S/C14H19N3O2S/c1-4-20(18,19)17-12-6-5-10(2)13(7-12)11(3)14-8-15-9-16-14/h5-9,11,17H,4H2,1-3H3,(H,15,16). The van der Waals surface area contributed by atoms with E-state index in [-0.39, 0.29) is 11.7 Å². The van der Waals surface area contributed by atoms with E-state index in [1.54, 1.807) is 25.5 Å². The van der Waals surface area contributed by atoms with E-state index in [1.807, 2.05) is 19.1 Å². The predicted octanol–water partition coefficient (Wildman–Crippen LogP) is 2.63. The van der Waals surface area contributed by atoms with E-state index in [1.165, 1.54) is 0 Å². The lowest BCUT2D eigenvalue weighted by molar-refractivity contribution is 0.602. The minimum Gasteiger partial charge on any atom is -0.348 e. The van der Waals surface area contributed by atoms with Crippen LogP contribution in [0.5, 0.6) is 0 Å². The lowest BCUT2D eigenvalue weighted by Gasteiger charge is -2.15. The minimum atomic E-state index is -3.25. The van der Waals surface area contributed by atoms with E-state index in [0.29, 0.717) is 5.69 Å². The summed E-state index contributed by atoms with van der Waals surface area (Å²) in [5.41, 5.74) is 3.79. The van der Waals surface area contributed by atoms with Crippen LogP contribution in [0.25, 0.3) is 0 Å². The van der Waals surface area contributed by atoms with Crippen LogP contribution in [-0.4, -0.2) is 24.1 Å². The molecule has 1 heterocycles. The third-order valence-electron chi connectivity index (χ3n) is 3.39. The Hall–Kier alpha value is -1.82. The van der Waals surface area contributed by atoms with Crippen LogP contribution in [0.15, 0.2) is 30.7 Å². The van der Waals surface area contributed by atoms with Gasteiger partial charge in [-0.05, 0) is 37.1 Å². The highest BCUT2D eigenvalue weighted by Gasteiger charge is 2.14. The summed E-state index contributed by atoms with van der Waals surface area (Å²) >= 11 is 0. The smallest absolute Gasteiger partial charge is 0.232 e. The van der Waals surface area contributed by atoms with Crippen LogP contribution in [0.3, 0.4) is 0 Å². The van der Waals surface area contributed by atoms with Crippen LogP contribution in [0.4, 0.5) is 5.69 Å². The Morgan fingerprint density at radius 3 is 2.75 bits per heavy atom. The van der Waals surface area contributed by atoms with Crippen molar-refractivity contribution in [2.24, 2.45) is 0 Å². The number of sulfonamides is 1. The van der Waals surface area contributed by atoms with Crippen molar-refractivity contribution in [3.05, 3.63) is 47.5 Å². The van der Waals surface area contributed by atoms with Gasteiger partial charge in [-0.2, -0.15) is 0 Å². The van der Waals surface area contributed by atoms with Gasteiger partial charge in [-0.3, -0.25) is 4.72 Å². The van der Waals surface area contributed by atoms with Gasteiger partial charge in [-0.1, -0.05) is 13.0 Å². The molecule has 1 aromatic heterocycles. The highest BCUT2D eigenvalue weighted by Crippen LogP contribution is 2.28.